The zero-order valence-electron chi connectivity index (χ0n) is 17.4. The predicted molar refractivity (Wildman–Crippen MR) is 123 cm³/mol. The van der Waals surface area contributed by atoms with Crippen LogP contribution in [0.2, 0.25) is 0 Å². The number of halogens is 1. The average Bonchev–Trinajstić information content (AvgIpc) is 2.78. The van der Waals surface area contributed by atoms with E-state index >= 15 is 0 Å². The number of rotatable bonds is 10. The second-order valence-corrected chi connectivity index (χ2v) is 10.2. The minimum Gasteiger partial charge on any atom is -0.379 e. The van der Waals surface area contributed by atoms with Crippen LogP contribution in [0.3, 0.4) is 0 Å². The third-order valence-corrected chi connectivity index (χ3v) is 7.38. The first-order valence-electron chi connectivity index (χ1n) is 10.3. The molecule has 0 atom stereocenters. The van der Waals surface area contributed by atoms with Gasteiger partial charge in [-0.2, -0.15) is 4.31 Å². The molecule has 0 aliphatic carbocycles. The van der Waals surface area contributed by atoms with E-state index in [4.69, 9.17) is 4.74 Å². The number of benzene rings is 2. The van der Waals surface area contributed by atoms with Crippen molar-refractivity contribution in [1.82, 2.24) is 14.5 Å². The number of hydrogen-bond donors (Lipinski definition) is 1. The number of hydrogen-bond acceptors (Lipinski definition) is 5. The number of ether oxygens (including phenoxy) is 1. The molecule has 0 aromatic heterocycles. The molecule has 2 aromatic rings. The summed E-state index contributed by atoms with van der Waals surface area (Å²) in [5.41, 5.74) is 0.823. The molecule has 168 valence electrons. The molecule has 0 saturated carbocycles. The van der Waals surface area contributed by atoms with E-state index in [0.29, 0.717) is 6.54 Å². The van der Waals surface area contributed by atoms with E-state index < -0.39 is 10.0 Å². The van der Waals surface area contributed by atoms with Crippen molar-refractivity contribution in [2.24, 2.45) is 0 Å². The van der Waals surface area contributed by atoms with Gasteiger partial charge in [-0.25, -0.2) is 8.42 Å². The van der Waals surface area contributed by atoms with Crippen LogP contribution in [0.5, 0.6) is 0 Å². The van der Waals surface area contributed by atoms with Crippen LogP contribution >= 0.6 is 15.9 Å². The Kier molecular flexibility index (Phi) is 9.03. The van der Waals surface area contributed by atoms with Crippen molar-refractivity contribution in [2.45, 2.75) is 17.9 Å². The maximum Gasteiger partial charge on any atom is 0.243 e. The van der Waals surface area contributed by atoms with Gasteiger partial charge in [0.15, 0.2) is 0 Å². The molecular weight excluding hydrogens is 482 g/mol. The Hall–Kier alpha value is -1.78. The average molecular weight is 510 g/mol. The van der Waals surface area contributed by atoms with Crippen LogP contribution in [0.4, 0.5) is 0 Å². The number of morpholine rings is 1. The standard InChI is InChI=1S/C22H28BrN3O4S/c23-20-7-9-21(10-8-20)31(28,29)26(17-19-5-2-1-3-6-19)18-22(27)24-11-4-12-25-13-15-30-16-14-25/h1-3,5-10H,4,11-18H2,(H,24,27). The molecule has 1 N–H and O–H groups in total. The number of amides is 1. The summed E-state index contributed by atoms with van der Waals surface area (Å²) < 4.78 is 33.8. The third-order valence-electron chi connectivity index (χ3n) is 5.05. The Labute approximate surface area is 192 Å². The van der Waals surface area contributed by atoms with Gasteiger partial charge in [-0.05, 0) is 42.8 Å². The van der Waals surface area contributed by atoms with Gasteiger partial charge in [-0.3, -0.25) is 9.69 Å². The Bertz CT molecular complexity index is 933. The molecule has 7 nitrogen and oxygen atoms in total. The summed E-state index contributed by atoms with van der Waals surface area (Å²) in [4.78, 5) is 15.0. The van der Waals surface area contributed by atoms with Gasteiger partial charge >= 0.3 is 0 Å². The lowest BCUT2D eigenvalue weighted by atomic mass is 10.2. The van der Waals surface area contributed by atoms with Crippen LogP contribution in [0.1, 0.15) is 12.0 Å². The summed E-state index contributed by atoms with van der Waals surface area (Å²) >= 11 is 3.32. The van der Waals surface area contributed by atoms with Crippen molar-refractivity contribution >= 4 is 31.9 Å². The van der Waals surface area contributed by atoms with Crippen LogP contribution < -0.4 is 5.32 Å². The lowest BCUT2D eigenvalue weighted by Crippen LogP contribution is -2.41. The summed E-state index contributed by atoms with van der Waals surface area (Å²) in [7, 11) is -3.83. The summed E-state index contributed by atoms with van der Waals surface area (Å²) in [5, 5.41) is 2.86. The maximum atomic E-state index is 13.2. The molecule has 0 radical (unpaired) electrons. The van der Waals surface area contributed by atoms with E-state index in [9.17, 15) is 13.2 Å². The second-order valence-electron chi connectivity index (χ2n) is 7.37. The van der Waals surface area contributed by atoms with Crippen molar-refractivity contribution in [1.29, 1.82) is 0 Å². The quantitative estimate of drug-likeness (QED) is 0.497. The zero-order chi connectivity index (χ0) is 22.1. The van der Waals surface area contributed by atoms with Crippen molar-refractivity contribution in [3.63, 3.8) is 0 Å². The summed E-state index contributed by atoms with van der Waals surface area (Å²) in [5.74, 6) is -0.307. The normalized spacial score (nSPS) is 15.2. The molecule has 1 fully saturated rings. The fourth-order valence-corrected chi connectivity index (χ4v) is 4.99. The number of sulfonamides is 1. The van der Waals surface area contributed by atoms with Crippen molar-refractivity contribution in [3.05, 3.63) is 64.6 Å². The van der Waals surface area contributed by atoms with Gasteiger partial charge in [0.1, 0.15) is 0 Å². The number of nitrogens with zero attached hydrogens (tertiary/aromatic N) is 2. The van der Waals surface area contributed by atoms with Crippen LogP contribution in [0.25, 0.3) is 0 Å². The first kappa shape index (κ1) is 23.9. The smallest absolute Gasteiger partial charge is 0.243 e. The SMILES string of the molecule is O=C(CN(Cc1ccccc1)S(=O)(=O)c1ccc(Br)cc1)NCCCN1CCOCC1. The minimum atomic E-state index is -3.83. The monoisotopic (exact) mass is 509 g/mol. The summed E-state index contributed by atoms with van der Waals surface area (Å²) in [6.45, 7) is 4.59. The fraction of sp³-hybridized carbons (Fsp3) is 0.409. The number of carbonyl (C=O) groups is 1. The summed E-state index contributed by atoms with van der Waals surface area (Å²) in [6, 6.07) is 15.7. The molecular formula is C22H28BrN3O4S. The molecule has 3 rings (SSSR count). The molecule has 1 aliphatic heterocycles. The van der Waals surface area contributed by atoms with Crippen molar-refractivity contribution < 1.29 is 17.9 Å². The van der Waals surface area contributed by atoms with Crippen molar-refractivity contribution in [3.8, 4) is 0 Å². The largest absolute Gasteiger partial charge is 0.379 e. The van der Waals surface area contributed by atoms with Gasteiger partial charge in [0, 0.05) is 30.7 Å². The molecule has 1 heterocycles. The third kappa shape index (κ3) is 7.40. The van der Waals surface area contributed by atoms with Gasteiger partial charge in [0.25, 0.3) is 0 Å². The van der Waals surface area contributed by atoms with E-state index in [-0.39, 0.29) is 23.9 Å². The maximum absolute atomic E-state index is 13.2. The Morgan fingerprint density at radius 2 is 1.74 bits per heavy atom. The molecule has 2 aromatic carbocycles. The van der Waals surface area contributed by atoms with Crippen LogP contribution in [-0.2, 0) is 26.1 Å². The van der Waals surface area contributed by atoms with E-state index in [1.54, 1.807) is 12.1 Å². The van der Waals surface area contributed by atoms with Gasteiger partial charge in [-0.1, -0.05) is 46.3 Å². The van der Waals surface area contributed by atoms with Crippen molar-refractivity contribution in [2.75, 3.05) is 45.9 Å². The Morgan fingerprint density at radius 3 is 2.42 bits per heavy atom. The molecule has 1 saturated heterocycles. The van der Waals surface area contributed by atoms with E-state index in [0.717, 1.165) is 49.3 Å². The van der Waals surface area contributed by atoms with Crippen LogP contribution in [0, 0.1) is 0 Å². The molecule has 0 unspecified atom stereocenters. The zero-order valence-corrected chi connectivity index (χ0v) is 19.8. The molecule has 0 spiro atoms. The lowest BCUT2D eigenvalue weighted by molar-refractivity contribution is -0.121. The highest BCUT2D eigenvalue weighted by atomic mass is 79.9. The van der Waals surface area contributed by atoms with Gasteiger partial charge < -0.3 is 10.1 Å². The number of nitrogens with one attached hydrogen (secondary N) is 1. The van der Waals surface area contributed by atoms with E-state index in [2.05, 4.69) is 26.1 Å². The first-order chi connectivity index (χ1) is 14.9. The van der Waals surface area contributed by atoms with Gasteiger partial charge in [-0.15, -0.1) is 0 Å². The van der Waals surface area contributed by atoms with E-state index in [1.165, 1.54) is 16.4 Å². The van der Waals surface area contributed by atoms with Gasteiger partial charge in [0.05, 0.1) is 24.7 Å². The molecule has 0 bridgehead atoms. The highest BCUT2D eigenvalue weighted by Gasteiger charge is 2.27. The molecule has 31 heavy (non-hydrogen) atoms. The van der Waals surface area contributed by atoms with E-state index in [1.807, 2.05) is 30.3 Å². The van der Waals surface area contributed by atoms with Gasteiger partial charge in [0.2, 0.25) is 15.9 Å². The molecule has 9 heteroatoms. The lowest BCUT2D eigenvalue weighted by Gasteiger charge is -2.26. The van der Waals surface area contributed by atoms with Crippen LogP contribution in [0.15, 0.2) is 64.0 Å². The number of carbonyl (C=O) groups excluding carboxylic acids is 1. The highest BCUT2D eigenvalue weighted by molar-refractivity contribution is 9.10. The molecule has 1 amide bonds. The Balaban J connectivity index is 1.62. The predicted octanol–water partition coefficient (Wildman–Crippen LogP) is 2.48. The fourth-order valence-electron chi connectivity index (χ4n) is 3.34. The highest BCUT2D eigenvalue weighted by Crippen LogP contribution is 2.20. The Morgan fingerprint density at radius 1 is 1.06 bits per heavy atom. The topological polar surface area (TPSA) is 79.0 Å². The summed E-state index contributed by atoms with van der Waals surface area (Å²) in [6.07, 6.45) is 0.809. The first-order valence-corrected chi connectivity index (χ1v) is 12.5. The molecule has 1 aliphatic rings. The minimum absolute atomic E-state index is 0.125. The second kappa shape index (κ2) is 11.7. The van der Waals surface area contributed by atoms with Crippen LogP contribution in [-0.4, -0.2) is 69.5 Å².